The van der Waals surface area contributed by atoms with Crippen molar-refractivity contribution < 1.29 is 0 Å². The van der Waals surface area contributed by atoms with Gasteiger partial charge in [0.2, 0.25) is 0 Å². The number of aryl methyl sites for hydroxylation is 10. The summed E-state index contributed by atoms with van der Waals surface area (Å²) >= 11 is 0. The Morgan fingerprint density at radius 3 is 0.797 bits per heavy atom. The molecule has 12 aromatic rings. The van der Waals surface area contributed by atoms with Crippen molar-refractivity contribution in [3.05, 3.63) is 155 Å². The van der Waals surface area contributed by atoms with Crippen molar-refractivity contribution >= 4 is 49.3 Å². The summed E-state index contributed by atoms with van der Waals surface area (Å²) < 4.78 is 4.44. The molecule has 0 fully saturated rings. The molecule has 0 N–H and O–H groups in total. The van der Waals surface area contributed by atoms with Crippen LogP contribution in [0, 0.1) is 75.8 Å². The third kappa shape index (κ3) is 7.87. The van der Waals surface area contributed by atoms with E-state index in [9.17, 15) is 0 Å². The highest BCUT2D eigenvalue weighted by molar-refractivity contribution is 6.13. The molecule has 0 aliphatic rings. The smallest absolute Gasteiger partial charge is 0.200 e. The predicted octanol–water partition coefficient (Wildman–Crippen LogP) is 10.8. The molecule has 0 radical (unpaired) electrons. The molecule has 7 heterocycles. The highest BCUT2D eigenvalue weighted by atomic mass is 15.1. The van der Waals surface area contributed by atoms with Crippen molar-refractivity contribution in [2.45, 2.75) is 69.2 Å². The maximum absolute atomic E-state index is 8.84. The van der Waals surface area contributed by atoms with Gasteiger partial charge in [0.15, 0.2) is 34.8 Å². The fourth-order valence-electron chi connectivity index (χ4n) is 10.0. The third-order valence-electron chi connectivity index (χ3n) is 12.8. The second-order valence-corrected chi connectivity index (χ2v) is 18.3. The first-order valence-electron chi connectivity index (χ1n) is 23.9. The molecule has 0 saturated heterocycles. The van der Waals surface area contributed by atoms with Gasteiger partial charge in [-0.1, -0.05) is 48.5 Å². The average molecular weight is 969 g/mol. The molecule has 0 amide bonds. The minimum atomic E-state index is 0.331. The van der Waals surface area contributed by atoms with Gasteiger partial charge in [0.25, 0.3) is 0 Å². The van der Waals surface area contributed by atoms with Crippen LogP contribution < -0.4 is 0 Å². The van der Waals surface area contributed by atoms with Crippen LogP contribution >= 0.6 is 0 Å². The van der Waals surface area contributed by atoms with Gasteiger partial charge < -0.3 is 9.13 Å². The lowest BCUT2D eigenvalue weighted by Gasteiger charge is -2.20. The Balaban J connectivity index is 1.27. The first-order valence-corrected chi connectivity index (χ1v) is 23.9. The second kappa shape index (κ2) is 17.2. The zero-order valence-electron chi connectivity index (χ0n) is 42.1. The summed E-state index contributed by atoms with van der Waals surface area (Å²) in [4.78, 5) is 74.8. The molecule has 7 aromatic heterocycles. The van der Waals surface area contributed by atoms with E-state index in [1.54, 1.807) is 0 Å². The molecule has 0 aliphatic heterocycles. The van der Waals surface area contributed by atoms with E-state index in [4.69, 9.17) is 56.4 Å². The summed E-state index contributed by atoms with van der Waals surface area (Å²) in [6.45, 7) is 27.4. The van der Waals surface area contributed by atoms with Crippen LogP contribution in [0.2, 0.25) is 0 Å². The fraction of sp³-hybridized carbons (Fsp3) is 0.179. The van der Waals surface area contributed by atoms with Gasteiger partial charge in [-0.2, -0.15) is 0 Å². The van der Waals surface area contributed by atoms with Crippen LogP contribution in [0.4, 0.5) is 5.69 Å². The minimum Gasteiger partial charge on any atom is -0.308 e. The van der Waals surface area contributed by atoms with E-state index < -0.39 is 0 Å². The highest BCUT2D eigenvalue weighted by Crippen LogP contribution is 2.45. The quantitative estimate of drug-likeness (QED) is 0.136. The Kier molecular flexibility index (Phi) is 10.6. The van der Waals surface area contributed by atoms with Crippen LogP contribution in [0.5, 0.6) is 0 Å². The second-order valence-electron chi connectivity index (χ2n) is 18.3. The first-order chi connectivity index (χ1) is 35.6. The summed E-state index contributed by atoms with van der Waals surface area (Å²) in [7, 11) is 0. The lowest BCUT2D eigenvalue weighted by atomic mass is 10.1. The van der Waals surface area contributed by atoms with Crippen LogP contribution in [-0.2, 0) is 0 Å². The zero-order chi connectivity index (χ0) is 51.3. The molecule has 5 aromatic carbocycles. The minimum absolute atomic E-state index is 0.331. The normalized spacial score (nSPS) is 11.6. The molecule has 74 heavy (non-hydrogen) atoms. The molecule has 0 unspecified atom stereocenters. The van der Waals surface area contributed by atoms with Gasteiger partial charge in [-0.15, -0.1) is 0 Å². The lowest BCUT2D eigenvalue weighted by Crippen LogP contribution is -2.06. The molecule has 0 bridgehead atoms. The molecule has 18 heteroatoms. The van der Waals surface area contributed by atoms with E-state index in [1.165, 1.54) is 0 Å². The predicted molar refractivity (Wildman–Crippen MR) is 283 cm³/mol. The summed E-state index contributed by atoms with van der Waals surface area (Å²) in [5, 5.41) is 3.83. The summed E-state index contributed by atoms with van der Waals surface area (Å²) in [5.74, 6) is 8.48. The molecule has 18 nitrogen and oxygen atoms in total. The molecule has 0 spiro atoms. The van der Waals surface area contributed by atoms with Gasteiger partial charge in [0.05, 0.1) is 40.0 Å². The fourth-order valence-corrected chi connectivity index (χ4v) is 10.0. The number of rotatable bonds is 7. The van der Waals surface area contributed by atoms with Crippen molar-refractivity contribution in [2.75, 3.05) is 0 Å². The number of nitrogens with zero attached hydrogens (tertiary/aromatic N) is 18. The summed E-state index contributed by atoms with van der Waals surface area (Å²) in [5.41, 5.74) is 8.74. The summed E-state index contributed by atoms with van der Waals surface area (Å²) in [6.07, 6.45) is 0. The largest absolute Gasteiger partial charge is 0.308 e. The van der Waals surface area contributed by atoms with E-state index in [0.717, 1.165) is 65.9 Å². The van der Waals surface area contributed by atoms with Crippen LogP contribution in [0.15, 0.2) is 84.9 Å². The molecule has 12 rings (SSSR count). The highest BCUT2D eigenvalue weighted by Gasteiger charge is 2.26. The molecule has 358 valence electrons. The van der Waals surface area contributed by atoms with E-state index in [2.05, 4.69) is 87.4 Å². The SMILES string of the molecule is [C-]#[N+]c1cc(-n2c3cc(-c4nc(C)nc(C)n4)ccc3c3ccc(-c4nc(C)nc(C)n4)cc32)c(-n2c3cc(-c4nc(C)nc(C)n4)ccc3c3ccc(-c4nc(C)nc(C)n4)cc32)cc1-c1nc(C)nc(C)n1. The topological polar surface area (TPSA) is 208 Å². The summed E-state index contributed by atoms with van der Waals surface area (Å²) in [6, 6.07) is 29.0. The van der Waals surface area contributed by atoms with Crippen molar-refractivity contribution in [2.24, 2.45) is 0 Å². The van der Waals surface area contributed by atoms with Gasteiger partial charge in [-0.3, -0.25) is 0 Å². The van der Waals surface area contributed by atoms with E-state index >= 15 is 0 Å². The molecular formula is C56H44N18. The Morgan fingerprint density at radius 2 is 0.541 bits per heavy atom. The van der Waals surface area contributed by atoms with Crippen molar-refractivity contribution in [1.82, 2.24) is 83.9 Å². The Labute approximate surface area is 423 Å². The number of fused-ring (bicyclic) bond motifs is 6. The molecule has 0 aliphatic carbocycles. The van der Waals surface area contributed by atoms with Crippen LogP contribution in [-0.4, -0.2) is 83.9 Å². The molecular weight excluding hydrogens is 925 g/mol. The number of hydrogen-bond acceptors (Lipinski definition) is 15. The number of benzene rings is 5. The van der Waals surface area contributed by atoms with Crippen molar-refractivity contribution in [1.29, 1.82) is 0 Å². The van der Waals surface area contributed by atoms with E-state index in [1.807, 2.05) is 106 Å². The standard InChI is InChI=1S/C56H44N18/c1-26-58-27(2)64-52(63-26)36-12-16-40-41-17-13-37(53-65-28(3)59-29(4)66-53)21-47(41)73(46(40)20-36)50-24-44(56-71-34(9)62-35(10)72-56)45(57-11)25-51(50)74-48-22-38(54-67-30(5)60-31(6)68-54)14-18-42(48)43-19-15-39(23-49(43)74)55-69-32(7)61-33(8)70-55/h12-25H,1-10H3. The Hall–Kier alpha value is -9.76. The third-order valence-corrected chi connectivity index (χ3v) is 12.8. The van der Waals surface area contributed by atoms with Crippen molar-refractivity contribution in [3.8, 4) is 68.3 Å². The molecule has 0 atom stereocenters. The molecule has 0 saturated carbocycles. The van der Waals surface area contributed by atoms with E-state index in [0.29, 0.717) is 110 Å². The average Bonchev–Trinajstić information content (AvgIpc) is 3.87. The van der Waals surface area contributed by atoms with Crippen molar-refractivity contribution in [3.63, 3.8) is 0 Å². The monoisotopic (exact) mass is 968 g/mol. The van der Waals surface area contributed by atoms with Crippen LogP contribution in [0.25, 0.3) is 117 Å². The maximum atomic E-state index is 8.84. The Bertz CT molecular complexity index is 4090. The van der Waals surface area contributed by atoms with Crippen LogP contribution in [0.1, 0.15) is 58.2 Å². The van der Waals surface area contributed by atoms with E-state index in [-0.39, 0.29) is 0 Å². The first kappa shape index (κ1) is 45.4. The lowest BCUT2D eigenvalue weighted by molar-refractivity contribution is 0.927. The Morgan fingerprint density at radius 1 is 0.297 bits per heavy atom. The zero-order valence-corrected chi connectivity index (χ0v) is 42.1. The number of aromatic nitrogens is 17. The van der Waals surface area contributed by atoms with Gasteiger partial charge in [-0.25, -0.2) is 79.6 Å². The van der Waals surface area contributed by atoms with Gasteiger partial charge in [-0.05, 0) is 106 Å². The van der Waals surface area contributed by atoms with Gasteiger partial charge in [0.1, 0.15) is 58.2 Å². The maximum Gasteiger partial charge on any atom is 0.200 e. The number of hydrogen-bond donors (Lipinski definition) is 0. The van der Waals surface area contributed by atoms with Gasteiger partial charge in [0, 0.05) is 49.4 Å². The van der Waals surface area contributed by atoms with Gasteiger partial charge >= 0.3 is 0 Å². The van der Waals surface area contributed by atoms with Crippen LogP contribution in [0.3, 0.4) is 0 Å².